The van der Waals surface area contributed by atoms with Crippen LogP contribution in [-0.4, -0.2) is 30.5 Å². The standard InChI is InChI=1S/C12H25NO2/c1-10-4-5-12(9-13,11(2)8-10)15-7-3-6-14/h10-11,14H,3-9,13H2,1-2H3. The van der Waals surface area contributed by atoms with Crippen molar-refractivity contribution < 1.29 is 9.84 Å². The summed E-state index contributed by atoms with van der Waals surface area (Å²) in [7, 11) is 0. The van der Waals surface area contributed by atoms with Crippen LogP contribution < -0.4 is 5.73 Å². The Labute approximate surface area is 93.0 Å². The lowest BCUT2D eigenvalue weighted by atomic mass is 9.72. The minimum atomic E-state index is -0.123. The van der Waals surface area contributed by atoms with Crippen molar-refractivity contribution in [1.29, 1.82) is 0 Å². The first kappa shape index (κ1) is 12.9. The molecule has 0 bridgehead atoms. The fourth-order valence-electron chi connectivity index (χ4n) is 2.59. The van der Waals surface area contributed by atoms with Crippen LogP contribution in [0.15, 0.2) is 0 Å². The first-order valence-corrected chi connectivity index (χ1v) is 6.09. The highest BCUT2D eigenvalue weighted by Gasteiger charge is 2.39. The van der Waals surface area contributed by atoms with Gasteiger partial charge in [0.05, 0.1) is 5.60 Å². The van der Waals surface area contributed by atoms with Gasteiger partial charge in [0, 0.05) is 19.8 Å². The molecule has 0 radical (unpaired) electrons. The maximum atomic E-state index is 8.75. The summed E-state index contributed by atoms with van der Waals surface area (Å²) in [6.07, 6.45) is 4.19. The SMILES string of the molecule is CC1CCC(CN)(OCCCO)C(C)C1. The van der Waals surface area contributed by atoms with E-state index in [1.807, 2.05) is 0 Å². The molecular formula is C12H25NO2. The molecule has 0 spiro atoms. The van der Waals surface area contributed by atoms with Crippen molar-refractivity contribution >= 4 is 0 Å². The van der Waals surface area contributed by atoms with Crippen LogP contribution in [0.3, 0.4) is 0 Å². The Kier molecular flexibility index (Phi) is 5.03. The van der Waals surface area contributed by atoms with Crippen molar-refractivity contribution in [3.05, 3.63) is 0 Å². The van der Waals surface area contributed by atoms with Crippen molar-refractivity contribution in [2.45, 2.75) is 45.1 Å². The summed E-state index contributed by atoms with van der Waals surface area (Å²) in [5.41, 5.74) is 5.75. The molecule has 15 heavy (non-hydrogen) atoms. The molecule has 1 fully saturated rings. The van der Waals surface area contributed by atoms with Gasteiger partial charge in [0.2, 0.25) is 0 Å². The number of aliphatic hydroxyl groups excluding tert-OH is 1. The zero-order valence-corrected chi connectivity index (χ0v) is 10.0. The largest absolute Gasteiger partial charge is 0.396 e. The number of hydrogen-bond acceptors (Lipinski definition) is 3. The third-order valence-electron chi connectivity index (χ3n) is 3.75. The Morgan fingerprint density at radius 1 is 1.47 bits per heavy atom. The number of rotatable bonds is 5. The molecule has 0 amide bonds. The maximum Gasteiger partial charge on any atom is 0.0829 e. The normalized spacial score (nSPS) is 36.8. The molecular weight excluding hydrogens is 190 g/mol. The molecule has 3 N–H and O–H groups in total. The minimum absolute atomic E-state index is 0.123. The van der Waals surface area contributed by atoms with Crippen LogP contribution in [0, 0.1) is 11.8 Å². The van der Waals surface area contributed by atoms with Crippen molar-refractivity contribution in [2.75, 3.05) is 19.8 Å². The van der Waals surface area contributed by atoms with Crippen LogP contribution in [-0.2, 0) is 4.74 Å². The second-order valence-corrected chi connectivity index (χ2v) is 4.98. The molecule has 3 unspecified atom stereocenters. The molecule has 1 aliphatic rings. The Hall–Kier alpha value is -0.120. The molecule has 1 rings (SSSR count). The first-order chi connectivity index (χ1) is 7.14. The summed E-state index contributed by atoms with van der Waals surface area (Å²) >= 11 is 0. The molecule has 3 nitrogen and oxygen atoms in total. The zero-order valence-electron chi connectivity index (χ0n) is 10.0. The molecule has 1 saturated carbocycles. The molecule has 0 aliphatic heterocycles. The number of nitrogens with two attached hydrogens (primary N) is 1. The van der Waals surface area contributed by atoms with E-state index in [9.17, 15) is 0 Å². The lowest BCUT2D eigenvalue weighted by molar-refractivity contribution is -0.107. The van der Waals surface area contributed by atoms with E-state index in [0.29, 0.717) is 25.5 Å². The van der Waals surface area contributed by atoms with Gasteiger partial charge in [-0.3, -0.25) is 0 Å². The fourth-order valence-corrected chi connectivity index (χ4v) is 2.59. The van der Waals surface area contributed by atoms with Crippen LogP contribution in [0.25, 0.3) is 0 Å². The van der Waals surface area contributed by atoms with E-state index in [1.165, 1.54) is 12.8 Å². The summed E-state index contributed by atoms with van der Waals surface area (Å²) < 4.78 is 5.94. The highest BCUT2D eigenvalue weighted by Crippen LogP contribution is 2.38. The van der Waals surface area contributed by atoms with Gasteiger partial charge >= 0.3 is 0 Å². The first-order valence-electron chi connectivity index (χ1n) is 6.09. The van der Waals surface area contributed by atoms with Gasteiger partial charge in [0.25, 0.3) is 0 Å². The molecule has 90 valence electrons. The van der Waals surface area contributed by atoms with Gasteiger partial charge in [-0.05, 0) is 37.5 Å². The van der Waals surface area contributed by atoms with Gasteiger partial charge in [-0.2, -0.15) is 0 Å². The van der Waals surface area contributed by atoms with E-state index < -0.39 is 0 Å². The van der Waals surface area contributed by atoms with Crippen molar-refractivity contribution in [3.63, 3.8) is 0 Å². The predicted octanol–water partition coefficient (Wildman–Crippen LogP) is 1.54. The highest BCUT2D eigenvalue weighted by atomic mass is 16.5. The molecule has 0 saturated heterocycles. The third kappa shape index (κ3) is 3.16. The second-order valence-electron chi connectivity index (χ2n) is 4.98. The van der Waals surface area contributed by atoms with Gasteiger partial charge in [0.1, 0.15) is 0 Å². The van der Waals surface area contributed by atoms with E-state index in [4.69, 9.17) is 15.6 Å². The Balaban J connectivity index is 2.50. The van der Waals surface area contributed by atoms with Crippen LogP contribution in [0.2, 0.25) is 0 Å². The molecule has 1 aliphatic carbocycles. The van der Waals surface area contributed by atoms with E-state index in [-0.39, 0.29) is 12.2 Å². The van der Waals surface area contributed by atoms with Crippen molar-refractivity contribution in [2.24, 2.45) is 17.6 Å². The Bertz CT molecular complexity index is 186. The van der Waals surface area contributed by atoms with Gasteiger partial charge < -0.3 is 15.6 Å². The number of aliphatic hydroxyl groups is 1. The smallest absolute Gasteiger partial charge is 0.0829 e. The number of hydrogen-bond donors (Lipinski definition) is 2. The van der Waals surface area contributed by atoms with Gasteiger partial charge in [-0.15, -0.1) is 0 Å². The average Bonchev–Trinajstić information content (AvgIpc) is 2.22. The summed E-state index contributed by atoms with van der Waals surface area (Å²) in [5, 5.41) is 8.75. The Morgan fingerprint density at radius 2 is 2.20 bits per heavy atom. The topological polar surface area (TPSA) is 55.5 Å². The summed E-state index contributed by atoms with van der Waals surface area (Å²) in [6, 6.07) is 0. The van der Waals surface area contributed by atoms with Crippen LogP contribution in [0.5, 0.6) is 0 Å². The molecule has 3 atom stereocenters. The predicted molar refractivity (Wildman–Crippen MR) is 61.6 cm³/mol. The number of ether oxygens (including phenoxy) is 1. The van der Waals surface area contributed by atoms with Gasteiger partial charge in [-0.1, -0.05) is 13.8 Å². The quantitative estimate of drug-likeness (QED) is 0.684. The molecule has 0 aromatic rings. The van der Waals surface area contributed by atoms with Gasteiger partial charge in [0.15, 0.2) is 0 Å². The maximum absolute atomic E-state index is 8.75. The van der Waals surface area contributed by atoms with Crippen LogP contribution in [0.4, 0.5) is 0 Å². The monoisotopic (exact) mass is 215 g/mol. The highest BCUT2D eigenvalue weighted by molar-refractivity contribution is 4.92. The fraction of sp³-hybridized carbons (Fsp3) is 1.00. The van der Waals surface area contributed by atoms with Gasteiger partial charge in [-0.25, -0.2) is 0 Å². The Morgan fingerprint density at radius 3 is 2.73 bits per heavy atom. The zero-order chi connectivity index (χ0) is 11.3. The molecule has 0 heterocycles. The van der Waals surface area contributed by atoms with Crippen molar-refractivity contribution in [3.8, 4) is 0 Å². The van der Waals surface area contributed by atoms with Crippen LogP contribution in [0.1, 0.15) is 39.5 Å². The van der Waals surface area contributed by atoms with E-state index in [1.54, 1.807) is 0 Å². The second kappa shape index (κ2) is 5.83. The molecule has 0 aromatic carbocycles. The summed E-state index contributed by atoms with van der Waals surface area (Å²) in [5.74, 6) is 1.33. The summed E-state index contributed by atoms with van der Waals surface area (Å²) in [4.78, 5) is 0. The minimum Gasteiger partial charge on any atom is -0.396 e. The van der Waals surface area contributed by atoms with Crippen LogP contribution >= 0.6 is 0 Å². The van der Waals surface area contributed by atoms with E-state index >= 15 is 0 Å². The molecule has 0 aromatic heterocycles. The van der Waals surface area contributed by atoms with Crippen molar-refractivity contribution in [1.82, 2.24) is 0 Å². The lowest BCUT2D eigenvalue weighted by Crippen LogP contribution is -2.49. The lowest BCUT2D eigenvalue weighted by Gasteiger charge is -2.44. The molecule has 3 heteroatoms. The van der Waals surface area contributed by atoms with E-state index in [2.05, 4.69) is 13.8 Å². The summed E-state index contributed by atoms with van der Waals surface area (Å²) in [6.45, 7) is 5.97. The van der Waals surface area contributed by atoms with E-state index in [0.717, 1.165) is 12.3 Å². The third-order valence-corrected chi connectivity index (χ3v) is 3.75. The average molecular weight is 215 g/mol.